The van der Waals surface area contributed by atoms with E-state index in [2.05, 4.69) is 5.32 Å². The summed E-state index contributed by atoms with van der Waals surface area (Å²) >= 11 is 6.31. The molecule has 3 N–H and O–H groups in total. The molecule has 1 aliphatic carbocycles. The van der Waals surface area contributed by atoms with Crippen LogP contribution in [0.5, 0.6) is 17.2 Å². The van der Waals surface area contributed by atoms with Crippen molar-refractivity contribution in [3.8, 4) is 17.2 Å². The van der Waals surface area contributed by atoms with Gasteiger partial charge in [-0.2, -0.15) is 0 Å². The van der Waals surface area contributed by atoms with Gasteiger partial charge >= 0.3 is 5.97 Å². The van der Waals surface area contributed by atoms with E-state index < -0.39 is 18.3 Å². The van der Waals surface area contributed by atoms with E-state index in [9.17, 15) is 19.5 Å². The lowest BCUT2D eigenvalue weighted by Gasteiger charge is -2.34. The van der Waals surface area contributed by atoms with Crippen molar-refractivity contribution in [2.24, 2.45) is 0 Å². The van der Waals surface area contributed by atoms with E-state index in [0.717, 1.165) is 19.3 Å². The molecule has 2 amide bonds. The number of benzene rings is 2. The van der Waals surface area contributed by atoms with Gasteiger partial charge in [0.1, 0.15) is 23.7 Å². The highest BCUT2D eigenvalue weighted by atomic mass is 35.5. The Kier molecular flexibility index (Phi) is 6.70. The van der Waals surface area contributed by atoms with Gasteiger partial charge in [0.15, 0.2) is 0 Å². The Hall–Kier alpha value is -3.26. The number of halogens is 1. The van der Waals surface area contributed by atoms with Gasteiger partial charge in [0.2, 0.25) is 5.91 Å². The zero-order valence-electron chi connectivity index (χ0n) is 17.1. The molecular formula is C22H23ClN2O6. The van der Waals surface area contributed by atoms with E-state index in [1.54, 1.807) is 24.9 Å². The van der Waals surface area contributed by atoms with Crippen LogP contribution in [0.4, 0.5) is 5.69 Å². The number of phenolic OH excluding ortho intramolecular Hbond substituents is 1. The number of carboxylic acids is 1. The molecule has 0 heterocycles. The minimum Gasteiger partial charge on any atom is -0.507 e. The van der Waals surface area contributed by atoms with Gasteiger partial charge in [0.05, 0.1) is 10.6 Å². The summed E-state index contributed by atoms with van der Waals surface area (Å²) in [6.45, 7) is 1.71. The molecule has 0 aromatic heterocycles. The minimum absolute atomic E-state index is 0.136. The number of phenols is 1. The number of carbonyl (C=O) groups is 3. The SMILES string of the molecule is Cc1cc(NC(=O)CC(=O)O)cc(Cl)c1Oc1ccc(O)c(C(=O)N(C)C2CCC2)c1. The fraction of sp³-hybridized carbons (Fsp3) is 0.318. The predicted octanol–water partition coefficient (Wildman–Crippen LogP) is 4.18. The highest BCUT2D eigenvalue weighted by Crippen LogP contribution is 2.37. The summed E-state index contributed by atoms with van der Waals surface area (Å²) in [5, 5.41) is 21.5. The lowest BCUT2D eigenvalue weighted by molar-refractivity contribution is -0.139. The molecular weight excluding hydrogens is 424 g/mol. The molecule has 1 saturated carbocycles. The standard InChI is InChI=1S/C22H23ClN2O6/c1-12-8-13(24-19(27)11-20(28)29)9-17(23)21(12)31-15-6-7-18(26)16(10-15)22(30)25(2)14-4-3-5-14/h6-10,14,26H,3-5,11H2,1-2H3,(H,24,27)(H,28,29). The molecule has 9 heteroatoms. The maximum atomic E-state index is 12.8. The second-order valence-electron chi connectivity index (χ2n) is 7.50. The Morgan fingerprint density at radius 1 is 1.23 bits per heavy atom. The van der Waals surface area contributed by atoms with E-state index in [-0.39, 0.29) is 28.3 Å². The van der Waals surface area contributed by atoms with Crippen LogP contribution >= 0.6 is 11.6 Å². The number of aryl methyl sites for hydroxylation is 1. The van der Waals surface area contributed by atoms with Crippen LogP contribution in [0.25, 0.3) is 0 Å². The van der Waals surface area contributed by atoms with Gasteiger partial charge in [-0.1, -0.05) is 11.6 Å². The van der Waals surface area contributed by atoms with Crippen LogP contribution in [0, 0.1) is 6.92 Å². The third kappa shape index (κ3) is 5.27. The summed E-state index contributed by atoms with van der Waals surface area (Å²) in [6, 6.07) is 7.59. The summed E-state index contributed by atoms with van der Waals surface area (Å²) in [4.78, 5) is 36.7. The number of hydrogen-bond donors (Lipinski definition) is 3. The summed E-state index contributed by atoms with van der Waals surface area (Å²) in [5.74, 6) is -1.70. The third-order valence-electron chi connectivity index (χ3n) is 5.19. The molecule has 2 aromatic rings. The van der Waals surface area contributed by atoms with Gasteiger partial charge in [-0.3, -0.25) is 14.4 Å². The van der Waals surface area contributed by atoms with E-state index in [1.165, 1.54) is 24.3 Å². The van der Waals surface area contributed by atoms with Gasteiger partial charge in [-0.05, 0) is 62.1 Å². The maximum absolute atomic E-state index is 12.8. The molecule has 2 aromatic carbocycles. The largest absolute Gasteiger partial charge is 0.507 e. The fourth-order valence-corrected chi connectivity index (χ4v) is 3.58. The summed E-state index contributed by atoms with van der Waals surface area (Å²) in [6.07, 6.45) is 2.32. The molecule has 0 spiro atoms. The molecule has 1 aliphatic rings. The molecule has 0 atom stereocenters. The summed E-state index contributed by atoms with van der Waals surface area (Å²) < 4.78 is 5.87. The first-order valence-corrected chi connectivity index (χ1v) is 10.1. The quantitative estimate of drug-likeness (QED) is 0.549. The molecule has 1 fully saturated rings. The van der Waals surface area contributed by atoms with Crippen molar-refractivity contribution in [2.45, 2.75) is 38.6 Å². The Labute approximate surface area is 184 Å². The average molecular weight is 447 g/mol. The van der Waals surface area contributed by atoms with Crippen LogP contribution in [0.3, 0.4) is 0 Å². The number of hydrogen-bond acceptors (Lipinski definition) is 5. The normalized spacial score (nSPS) is 13.3. The number of aromatic hydroxyl groups is 1. The molecule has 0 saturated heterocycles. The number of carbonyl (C=O) groups excluding carboxylic acids is 2. The average Bonchev–Trinajstić information content (AvgIpc) is 2.63. The molecule has 8 nitrogen and oxygen atoms in total. The van der Waals surface area contributed by atoms with Gasteiger partial charge in [-0.15, -0.1) is 0 Å². The monoisotopic (exact) mass is 446 g/mol. The molecule has 0 bridgehead atoms. The molecule has 164 valence electrons. The second kappa shape index (κ2) is 9.26. The molecule has 31 heavy (non-hydrogen) atoms. The summed E-state index contributed by atoms with van der Waals surface area (Å²) in [7, 11) is 1.72. The zero-order chi connectivity index (χ0) is 22.7. The highest BCUT2D eigenvalue weighted by molar-refractivity contribution is 6.32. The first kappa shape index (κ1) is 22.4. The lowest BCUT2D eigenvalue weighted by Crippen LogP contribution is -2.41. The van der Waals surface area contributed by atoms with Crippen molar-refractivity contribution in [2.75, 3.05) is 12.4 Å². The van der Waals surface area contributed by atoms with Crippen molar-refractivity contribution < 1.29 is 29.3 Å². The van der Waals surface area contributed by atoms with Gasteiger partial charge in [0.25, 0.3) is 5.91 Å². The third-order valence-corrected chi connectivity index (χ3v) is 5.47. The van der Waals surface area contributed by atoms with Crippen LogP contribution in [0.15, 0.2) is 30.3 Å². The molecule has 3 rings (SSSR count). The van der Waals surface area contributed by atoms with E-state index >= 15 is 0 Å². The van der Waals surface area contributed by atoms with Gasteiger partial charge in [-0.25, -0.2) is 0 Å². The van der Waals surface area contributed by atoms with E-state index in [1.807, 2.05) is 0 Å². The number of ether oxygens (including phenoxy) is 1. The number of aliphatic carboxylic acids is 1. The smallest absolute Gasteiger partial charge is 0.312 e. The van der Waals surface area contributed by atoms with Crippen LogP contribution in [0.2, 0.25) is 5.02 Å². The Morgan fingerprint density at radius 3 is 2.52 bits per heavy atom. The van der Waals surface area contributed by atoms with Crippen molar-refractivity contribution in [1.29, 1.82) is 0 Å². The van der Waals surface area contributed by atoms with E-state index in [4.69, 9.17) is 21.4 Å². The van der Waals surface area contributed by atoms with Crippen LogP contribution < -0.4 is 10.1 Å². The Bertz CT molecular complexity index is 1010. The van der Waals surface area contributed by atoms with Crippen molar-refractivity contribution in [1.82, 2.24) is 4.90 Å². The molecule has 0 radical (unpaired) electrons. The molecule has 0 aliphatic heterocycles. The van der Waals surface area contributed by atoms with Crippen molar-refractivity contribution >= 4 is 35.1 Å². The number of anilines is 1. The maximum Gasteiger partial charge on any atom is 0.312 e. The fourth-order valence-electron chi connectivity index (χ4n) is 3.27. The Morgan fingerprint density at radius 2 is 1.94 bits per heavy atom. The second-order valence-corrected chi connectivity index (χ2v) is 7.91. The highest BCUT2D eigenvalue weighted by Gasteiger charge is 2.28. The van der Waals surface area contributed by atoms with Gasteiger partial charge < -0.3 is 25.2 Å². The number of nitrogens with one attached hydrogen (secondary N) is 1. The number of nitrogens with zero attached hydrogens (tertiary/aromatic N) is 1. The topological polar surface area (TPSA) is 116 Å². The molecule has 0 unspecified atom stereocenters. The Balaban J connectivity index is 1.80. The van der Waals surface area contributed by atoms with E-state index in [0.29, 0.717) is 22.7 Å². The van der Waals surface area contributed by atoms with Crippen molar-refractivity contribution in [3.63, 3.8) is 0 Å². The zero-order valence-corrected chi connectivity index (χ0v) is 17.9. The first-order chi connectivity index (χ1) is 14.7. The first-order valence-electron chi connectivity index (χ1n) is 9.75. The number of rotatable bonds is 7. The van der Waals surface area contributed by atoms with Crippen LogP contribution in [-0.4, -0.2) is 46.0 Å². The number of carboxylic acid groups (broad SMARTS) is 1. The van der Waals surface area contributed by atoms with Gasteiger partial charge in [0, 0.05) is 18.8 Å². The summed E-state index contributed by atoms with van der Waals surface area (Å²) in [5.41, 5.74) is 1.06. The lowest BCUT2D eigenvalue weighted by atomic mass is 9.91. The minimum atomic E-state index is -1.24. The number of amides is 2. The predicted molar refractivity (Wildman–Crippen MR) is 115 cm³/mol. The van der Waals surface area contributed by atoms with Crippen LogP contribution in [-0.2, 0) is 9.59 Å². The van der Waals surface area contributed by atoms with Crippen molar-refractivity contribution in [3.05, 3.63) is 46.5 Å². The van der Waals surface area contributed by atoms with Crippen LogP contribution in [0.1, 0.15) is 41.6 Å².